The van der Waals surface area contributed by atoms with Crippen molar-refractivity contribution in [3.8, 4) is 11.5 Å². The summed E-state index contributed by atoms with van der Waals surface area (Å²) in [6.45, 7) is 16.5. The van der Waals surface area contributed by atoms with Gasteiger partial charge in [0.2, 0.25) is 0 Å². The molecule has 2 fully saturated rings. The topological polar surface area (TPSA) is 55.4 Å². The molecule has 0 atom stereocenters. The molecule has 2 heterocycles. The minimum Gasteiger partial charge on any atom is -0.451 e. The molecule has 6 nitrogen and oxygen atoms in total. The van der Waals surface area contributed by atoms with Crippen LogP contribution in [0.3, 0.4) is 0 Å². The Labute approximate surface area is 289 Å². The van der Waals surface area contributed by atoms with Crippen LogP contribution in [0.2, 0.25) is 0 Å². The van der Waals surface area contributed by atoms with Gasteiger partial charge >= 0.3 is 14.2 Å². The van der Waals surface area contributed by atoms with Gasteiger partial charge in [-0.1, -0.05) is 78.9 Å². The number of ether oxygens (including phenoxy) is 2. The summed E-state index contributed by atoms with van der Waals surface area (Å²) < 4.78 is 38.6. The lowest BCUT2D eigenvalue weighted by atomic mass is 9.79. The molecule has 0 radical (unpaired) electrons. The summed E-state index contributed by atoms with van der Waals surface area (Å²) >= 11 is 0. The van der Waals surface area contributed by atoms with E-state index in [9.17, 15) is 0 Å². The van der Waals surface area contributed by atoms with Crippen LogP contribution < -0.4 is 20.4 Å². The van der Waals surface area contributed by atoms with Crippen molar-refractivity contribution in [3.63, 3.8) is 0 Å². The van der Waals surface area contributed by atoms with Crippen molar-refractivity contribution >= 4 is 57.5 Å². The molecule has 0 bridgehead atoms. The minimum atomic E-state index is -0.741. The highest BCUT2D eigenvalue weighted by molar-refractivity contribution is 6.62. The summed E-state index contributed by atoms with van der Waals surface area (Å²) in [5.41, 5.74) is 1.14. The predicted molar refractivity (Wildman–Crippen MR) is 198 cm³/mol. The SMILES string of the molecule is CC1(C)OB(c2ccc(OC(Oc3ccc(B4OC(C)(C)C(C)(C)O4)cc3)c3ccc4ccc5cccc6ccc3c4c56)cc2)OC1(C)C. The Morgan fingerprint density at radius 3 is 1.29 bits per heavy atom. The third kappa shape index (κ3) is 5.46. The molecule has 6 aromatic rings. The van der Waals surface area contributed by atoms with Crippen molar-refractivity contribution in [1.82, 2.24) is 0 Å². The number of hydrogen-bond donors (Lipinski definition) is 0. The van der Waals surface area contributed by atoms with Crippen LogP contribution in [0.1, 0.15) is 67.2 Å². The molecule has 0 amide bonds. The lowest BCUT2D eigenvalue weighted by Gasteiger charge is -2.32. The highest BCUT2D eigenvalue weighted by atomic mass is 16.7. The molecular weight excluding hydrogens is 610 g/mol. The summed E-state index contributed by atoms with van der Waals surface area (Å²) in [6.07, 6.45) is -0.741. The molecule has 49 heavy (non-hydrogen) atoms. The Morgan fingerprint density at radius 1 is 0.449 bits per heavy atom. The van der Waals surface area contributed by atoms with E-state index in [0.717, 1.165) is 21.9 Å². The molecule has 2 aliphatic heterocycles. The predicted octanol–water partition coefficient (Wildman–Crippen LogP) is 8.34. The Kier molecular flexibility index (Phi) is 7.37. The maximum atomic E-state index is 6.73. The third-order valence-corrected chi connectivity index (χ3v) is 11.1. The van der Waals surface area contributed by atoms with Crippen LogP contribution in [-0.2, 0) is 18.6 Å². The smallest absolute Gasteiger partial charge is 0.451 e. The van der Waals surface area contributed by atoms with Crippen LogP contribution in [-0.4, -0.2) is 36.6 Å². The zero-order valence-corrected chi connectivity index (χ0v) is 29.5. The van der Waals surface area contributed by atoms with Crippen LogP contribution in [0.25, 0.3) is 32.3 Å². The highest BCUT2D eigenvalue weighted by Crippen LogP contribution is 2.40. The van der Waals surface area contributed by atoms with Gasteiger partial charge in [-0.05, 0) is 123 Å². The molecule has 6 aromatic carbocycles. The van der Waals surface area contributed by atoms with Crippen LogP contribution in [0, 0.1) is 0 Å². The first-order chi connectivity index (χ1) is 23.2. The zero-order valence-electron chi connectivity index (χ0n) is 29.5. The molecule has 2 saturated heterocycles. The van der Waals surface area contributed by atoms with E-state index >= 15 is 0 Å². The fraction of sp³-hybridized carbons (Fsp3) is 0.317. The first kappa shape index (κ1) is 32.2. The Morgan fingerprint density at radius 2 is 0.837 bits per heavy atom. The van der Waals surface area contributed by atoms with Gasteiger partial charge in [0, 0.05) is 5.56 Å². The standard InChI is InChI=1S/C41H42B2O6/c1-38(2)39(3,4)47-42(46-38)29-16-20-31(21-17-29)44-37(45-32-22-18-30(19-23-32)43-48-40(5,6)41(7,8)49-43)34-25-15-28-13-12-26-10-9-11-27-14-24-33(34)36(28)35(26)27/h9-25,37H,1-8H3. The second-order valence-electron chi connectivity index (χ2n) is 15.4. The van der Waals surface area contributed by atoms with Crippen LogP contribution in [0.4, 0.5) is 0 Å². The van der Waals surface area contributed by atoms with Gasteiger partial charge in [-0.15, -0.1) is 0 Å². The van der Waals surface area contributed by atoms with Crippen molar-refractivity contribution in [2.45, 2.75) is 84.1 Å². The molecule has 248 valence electrons. The zero-order chi connectivity index (χ0) is 34.3. The Hall–Kier alpha value is -4.07. The van der Waals surface area contributed by atoms with Crippen LogP contribution in [0.5, 0.6) is 11.5 Å². The maximum Gasteiger partial charge on any atom is 0.494 e. The Bertz CT molecular complexity index is 2030. The summed E-state index contributed by atoms with van der Waals surface area (Å²) in [7, 11) is -0.905. The summed E-state index contributed by atoms with van der Waals surface area (Å²) in [5, 5.41) is 7.15. The van der Waals surface area contributed by atoms with E-state index in [-0.39, 0.29) is 0 Å². The number of benzene rings is 6. The van der Waals surface area contributed by atoms with Crippen molar-refractivity contribution < 1.29 is 28.1 Å². The van der Waals surface area contributed by atoms with Gasteiger partial charge in [-0.2, -0.15) is 0 Å². The normalized spacial score (nSPS) is 19.4. The van der Waals surface area contributed by atoms with Gasteiger partial charge in [0.15, 0.2) is 0 Å². The first-order valence-corrected chi connectivity index (χ1v) is 17.1. The van der Waals surface area contributed by atoms with E-state index in [1.165, 1.54) is 26.9 Å². The fourth-order valence-corrected chi connectivity index (χ4v) is 6.73. The van der Waals surface area contributed by atoms with Crippen molar-refractivity contribution in [2.75, 3.05) is 0 Å². The van der Waals surface area contributed by atoms with Crippen molar-refractivity contribution in [2.24, 2.45) is 0 Å². The Balaban J connectivity index is 1.14. The molecule has 0 aromatic heterocycles. The second-order valence-corrected chi connectivity index (χ2v) is 15.4. The third-order valence-electron chi connectivity index (χ3n) is 11.1. The van der Waals surface area contributed by atoms with Crippen LogP contribution >= 0.6 is 0 Å². The molecule has 0 aliphatic carbocycles. The molecular formula is C41H42B2O6. The lowest BCUT2D eigenvalue weighted by Crippen LogP contribution is -2.41. The molecule has 0 unspecified atom stereocenters. The maximum absolute atomic E-state index is 6.73. The second kappa shape index (κ2) is 11.2. The summed E-state index contributed by atoms with van der Waals surface area (Å²) in [5.74, 6) is 1.34. The van der Waals surface area contributed by atoms with E-state index in [4.69, 9.17) is 28.1 Å². The highest BCUT2D eigenvalue weighted by Gasteiger charge is 2.52. The first-order valence-electron chi connectivity index (χ1n) is 17.1. The van der Waals surface area contributed by atoms with E-state index < -0.39 is 42.9 Å². The number of rotatable bonds is 7. The van der Waals surface area contributed by atoms with E-state index in [0.29, 0.717) is 11.5 Å². The molecule has 0 spiro atoms. The van der Waals surface area contributed by atoms with Gasteiger partial charge in [-0.25, -0.2) is 0 Å². The van der Waals surface area contributed by atoms with Gasteiger partial charge in [0.25, 0.3) is 6.29 Å². The monoisotopic (exact) mass is 652 g/mol. The molecule has 2 aliphatic rings. The van der Waals surface area contributed by atoms with Gasteiger partial charge in [0.1, 0.15) is 11.5 Å². The average molecular weight is 652 g/mol. The molecule has 8 heteroatoms. The molecule has 0 N–H and O–H groups in total. The summed E-state index contributed by atoms with van der Waals surface area (Å²) in [6, 6.07) is 35.3. The fourth-order valence-electron chi connectivity index (χ4n) is 6.73. The van der Waals surface area contributed by atoms with Gasteiger partial charge in [-0.3, -0.25) is 0 Å². The summed E-state index contributed by atoms with van der Waals surface area (Å²) in [4.78, 5) is 0. The minimum absolute atomic E-state index is 0.418. The van der Waals surface area contributed by atoms with Crippen LogP contribution in [0.15, 0.2) is 103 Å². The largest absolute Gasteiger partial charge is 0.494 e. The molecule has 8 rings (SSSR count). The average Bonchev–Trinajstić information content (AvgIpc) is 3.43. The quantitative estimate of drug-likeness (QED) is 0.0983. The molecule has 0 saturated carbocycles. The van der Waals surface area contributed by atoms with Crippen molar-refractivity contribution in [3.05, 3.63) is 109 Å². The lowest BCUT2D eigenvalue weighted by molar-refractivity contribution is 0.00507. The van der Waals surface area contributed by atoms with E-state index in [2.05, 4.69) is 110 Å². The van der Waals surface area contributed by atoms with Gasteiger partial charge < -0.3 is 28.1 Å². The number of hydrogen-bond acceptors (Lipinski definition) is 6. The van der Waals surface area contributed by atoms with E-state index in [1.54, 1.807) is 0 Å². The van der Waals surface area contributed by atoms with Crippen molar-refractivity contribution in [1.29, 1.82) is 0 Å². The van der Waals surface area contributed by atoms with Gasteiger partial charge in [0.05, 0.1) is 22.4 Å². The van der Waals surface area contributed by atoms with E-state index in [1.807, 2.05) is 48.5 Å².